The number of benzene rings is 1. The van der Waals surface area contributed by atoms with Crippen LogP contribution in [0.25, 0.3) is 11.3 Å². The number of anilines is 1. The molecule has 1 aromatic heterocycles. The first-order valence-electron chi connectivity index (χ1n) is 7.16. The van der Waals surface area contributed by atoms with Crippen LogP contribution in [0.1, 0.15) is 39.5 Å². The average Bonchev–Trinajstić information content (AvgIpc) is 2.94. The molecule has 0 saturated heterocycles. The number of H-pyrrole nitrogens is 1. The molecule has 19 heavy (non-hydrogen) atoms. The smallest absolute Gasteiger partial charge is 0.0650 e. The molecule has 0 amide bonds. The summed E-state index contributed by atoms with van der Waals surface area (Å²) in [7, 11) is 0. The minimum Gasteiger partial charge on any atom is -0.383 e. The van der Waals surface area contributed by atoms with Gasteiger partial charge in [-0.15, -0.1) is 0 Å². The molecule has 102 valence electrons. The van der Waals surface area contributed by atoms with Crippen LogP contribution >= 0.6 is 0 Å². The molecule has 2 aromatic rings. The summed E-state index contributed by atoms with van der Waals surface area (Å²) in [6.45, 7) is 4.49. The highest BCUT2D eigenvalue weighted by atomic mass is 15.1. The van der Waals surface area contributed by atoms with Crippen molar-refractivity contribution in [3.8, 4) is 11.3 Å². The maximum absolute atomic E-state index is 3.97. The Labute approximate surface area is 115 Å². The zero-order valence-corrected chi connectivity index (χ0v) is 11.8. The standard InChI is InChI=1S/C16H23N3/c1-3-4-5-6-13(2)18-15-9-7-14(8-10-15)16-11-12-17-19-16/h7-13,18H,3-6H2,1-2H3,(H,17,19). The molecule has 0 saturated carbocycles. The van der Waals surface area contributed by atoms with E-state index in [1.165, 1.54) is 36.9 Å². The average molecular weight is 257 g/mol. The molecule has 3 heteroatoms. The van der Waals surface area contributed by atoms with E-state index in [9.17, 15) is 0 Å². The molecule has 0 aliphatic carbocycles. The molecule has 2 rings (SSSR count). The van der Waals surface area contributed by atoms with Crippen LogP contribution in [-0.2, 0) is 0 Å². The van der Waals surface area contributed by atoms with Gasteiger partial charge in [0.05, 0.1) is 5.69 Å². The molecule has 0 fully saturated rings. The van der Waals surface area contributed by atoms with Crippen molar-refractivity contribution in [2.45, 2.75) is 45.6 Å². The molecule has 0 bridgehead atoms. The molecular weight excluding hydrogens is 234 g/mol. The Hall–Kier alpha value is -1.77. The minimum absolute atomic E-state index is 0.532. The predicted molar refractivity (Wildman–Crippen MR) is 81.3 cm³/mol. The van der Waals surface area contributed by atoms with Gasteiger partial charge in [-0.3, -0.25) is 5.10 Å². The highest BCUT2D eigenvalue weighted by Gasteiger charge is 2.03. The van der Waals surface area contributed by atoms with E-state index in [0.717, 1.165) is 5.69 Å². The lowest BCUT2D eigenvalue weighted by atomic mass is 10.1. The lowest BCUT2D eigenvalue weighted by Crippen LogP contribution is -2.14. The SMILES string of the molecule is CCCCCC(C)Nc1ccc(-c2ccn[nH]2)cc1. The molecule has 2 N–H and O–H groups in total. The van der Waals surface area contributed by atoms with Crippen molar-refractivity contribution >= 4 is 5.69 Å². The minimum atomic E-state index is 0.532. The van der Waals surface area contributed by atoms with Gasteiger partial charge in [-0.25, -0.2) is 0 Å². The van der Waals surface area contributed by atoms with Crippen molar-refractivity contribution in [2.24, 2.45) is 0 Å². The van der Waals surface area contributed by atoms with E-state index in [0.29, 0.717) is 6.04 Å². The van der Waals surface area contributed by atoms with E-state index >= 15 is 0 Å². The first-order chi connectivity index (χ1) is 9.29. The van der Waals surface area contributed by atoms with Crippen molar-refractivity contribution in [1.82, 2.24) is 10.2 Å². The monoisotopic (exact) mass is 257 g/mol. The van der Waals surface area contributed by atoms with E-state index in [1.807, 2.05) is 6.07 Å². The fraction of sp³-hybridized carbons (Fsp3) is 0.438. The molecule has 0 aliphatic rings. The molecule has 1 atom stereocenters. The zero-order chi connectivity index (χ0) is 13.5. The van der Waals surface area contributed by atoms with Crippen LogP contribution < -0.4 is 5.32 Å². The Morgan fingerprint density at radius 3 is 2.58 bits per heavy atom. The van der Waals surface area contributed by atoms with Gasteiger partial charge >= 0.3 is 0 Å². The van der Waals surface area contributed by atoms with Crippen LogP contribution in [0.5, 0.6) is 0 Å². The topological polar surface area (TPSA) is 40.7 Å². The quantitative estimate of drug-likeness (QED) is 0.719. The van der Waals surface area contributed by atoms with Gasteiger partial charge < -0.3 is 5.32 Å². The van der Waals surface area contributed by atoms with Crippen LogP contribution in [0.2, 0.25) is 0 Å². The zero-order valence-electron chi connectivity index (χ0n) is 11.8. The molecule has 0 spiro atoms. The molecular formula is C16H23N3. The summed E-state index contributed by atoms with van der Waals surface area (Å²) < 4.78 is 0. The Kier molecular flexibility index (Phi) is 5.01. The van der Waals surface area contributed by atoms with Gasteiger partial charge in [0.1, 0.15) is 0 Å². The second kappa shape index (κ2) is 6.98. The highest BCUT2D eigenvalue weighted by molar-refractivity contribution is 5.62. The number of hydrogen-bond acceptors (Lipinski definition) is 2. The summed E-state index contributed by atoms with van der Waals surface area (Å²) >= 11 is 0. The normalized spacial score (nSPS) is 12.3. The van der Waals surface area contributed by atoms with E-state index in [1.54, 1.807) is 6.20 Å². The molecule has 0 radical (unpaired) electrons. The van der Waals surface area contributed by atoms with Crippen LogP contribution in [0, 0.1) is 0 Å². The lowest BCUT2D eigenvalue weighted by molar-refractivity contribution is 0.615. The fourth-order valence-electron chi connectivity index (χ4n) is 2.22. The van der Waals surface area contributed by atoms with Gasteiger partial charge in [-0.1, -0.05) is 38.3 Å². The van der Waals surface area contributed by atoms with Crippen LogP contribution in [-0.4, -0.2) is 16.2 Å². The third kappa shape index (κ3) is 4.12. The number of nitrogens with one attached hydrogen (secondary N) is 2. The number of hydrogen-bond donors (Lipinski definition) is 2. The third-order valence-electron chi connectivity index (χ3n) is 3.35. The van der Waals surface area contributed by atoms with Crippen molar-refractivity contribution in [1.29, 1.82) is 0 Å². The van der Waals surface area contributed by atoms with Gasteiger partial charge in [0.2, 0.25) is 0 Å². The summed E-state index contributed by atoms with van der Waals surface area (Å²) in [4.78, 5) is 0. The van der Waals surface area contributed by atoms with Gasteiger partial charge in [0.25, 0.3) is 0 Å². The Morgan fingerprint density at radius 1 is 1.16 bits per heavy atom. The Morgan fingerprint density at radius 2 is 1.95 bits per heavy atom. The van der Waals surface area contributed by atoms with Crippen molar-refractivity contribution in [3.63, 3.8) is 0 Å². The fourth-order valence-corrected chi connectivity index (χ4v) is 2.22. The molecule has 3 nitrogen and oxygen atoms in total. The summed E-state index contributed by atoms with van der Waals surface area (Å²) in [6.07, 6.45) is 6.92. The number of rotatable bonds is 7. The van der Waals surface area contributed by atoms with Crippen molar-refractivity contribution in [2.75, 3.05) is 5.32 Å². The molecule has 1 heterocycles. The van der Waals surface area contributed by atoms with Crippen LogP contribution in [0.3, 0.4) is 0 Å². The van der Waals surface area contributed by atoms with Crippen LogP contribution in [0.4, 0.5) is 5.69 Å². The third-order valence-corrected chi connectivity index (χ3v) is 3.35. The number of unbranched alkanes of at least 4 members (excludes halogenated alkanes) is 2. The summed E-state index contributed by atoms with van der Waals surface area (Å²) in [5.41, 5.74) is 3.41. The summed E-state index contributed by atoms with van der Waals surface area (Å²) in [5, 5.41) is 10.5. The Bertz CT molecular complexity index is 459. The summed E-state index contributed by atoms with van der Waals surface area (Å²) in [6, 6.07) is 11.0. The first-order valence-corrected chi connectivity index (χ1v) is 7.16. The second-order valence-corrected chi connectivity index (χ2v) is 5.09. The molecule has 1 aromatic carbocycles. The van der Waals surface area contributed by atoms with E-state index in [2.05, 4.69) is 53.6 Å². The maximum Gasteiger partial charge on any atom is 0.0650 e. The van der Waals surface area contributed by atoms with E-state index in [-0.39, 0.29) is 0 Å². The number of aromatic nitrogens is 2. The highest BCUT2D eigenvalue weighted by Crippen LogP contribution is 2.19. The first kappa shape index (κ1) is 13.7. The molecule has 1 unspecified atom stereocenters. The van der Waals surface area contributed by atoms with Gasteiger partial charge in [-0.2, -0.15) is 5.10 Å². The maximum atomic E-state index is 3.97. The summed E-state index contributed by atoms with van der Waals surface area (Å²) in [5.74, 6) is 0. The molecule has 0 aliphatic heterocycles. The van der Waals surface area contributed by atoms with Gasteiger partial charge in [0.15, 0.2) is 0 Å². The van der Waals surface area contributed by atoms with Gasteiger partial charge in [-0.05, 0) is 37.1 Å². The second-order valence-electron chi connectivity index (χ2n) is 5.09. The predicted octanol–water partition coefficient (Wildman–Crippen LogP) is 4.46. The van der Waals surface area contributed by atoms with Crippen molar-refractivity contribution in [3.05, 3.63) is 36.5 Å². The van der Waals surface area contributed by atoms with Crippen LogP contribution in [0.15, 0.2) is 36.5 Å². The lowest BCUT2D eigenvalue weighted by Gasteiger charge is -2.15. The number of aromatic amines is 1. The van der Waals surface area contributed by atoms with Gasteiger partial charge in [0, 0.05) is 17.9 Å². The largest absolute Gasteiger partial charge is 0.383 e. The van der Waals surface area contributed by atoms with Crippen molar-refractivity contribution < 1.29 is 0 Å². The number of nitrogens with zero attached hydrogens (tertiary/aromatic N) is 1. The Balaban J connectivity index is 1.88. The van der Waals surface area contributed by atoms with E-state index < -0.39 is 0 Å². The van der Waals surface area contributed by atoms with E-state index in [4.69, 9.17) is 0 Å².